The molecule has 0 fully saturated rings. The van der Waals surface area contributed by atoms with Gasteiger partial charge in [-0.25, -0.2) is 4.79 Å². The van der Waals surface area contributed by atoms with E-state index in [1.165, 1.54) is 23.9 Å². The molecular weight excluding hydrogens is 552 g/mol. The van der Waals surface area contributed by atoms with E-state index < -0.39 is 60.2 Å². The van der Waals surface area contributed by atoms with Crippen molar-refractivity contribution in [1.82, 2.24) is 16.0 Å². The van der Waals surface area contributed by atoms with Crippen molar-refractivity contribution in [2.45, 2.75) is 56.3 Å². The lowest BCUT2D eigenvalue weighted by Gasteiger charge is -2.25. The summed E-state index contributed by atoms with van der Waals surface area (Å²) >= 11 is 1.39. The van der Waals surface area contributed by atoms with Crippen molar-refractivity contribution < 1.29 is 39.3 Å². The van der Waals surface area contributed by atoms with Gasteiger partial charge in [0.2, 0.25) is 17.7 Å². The van der Waals surface area contributed by atoms with E-state index in [1.54, 1.807) is 30.5 Å². The number of carboxylic acids is 2. The number of aliphatic carboxylic acids is 2. The Morgan fingerprint density at radius 3 is 1.90 bits per heavy atom. The molecule has 2 aromatic rings. The van der Waals surface area contributed by atoms with Crippen LogP contribution < -0.4 is 21.7 Å². The van der Waals surface area contributed by atoms with E-state index in [1.807, 2.05) is 18.2 Å². The molecule has 8 N–H and O–H groups in total. The van der Waals surface area contributed by atoms with Gasteiger partial charge in [0.15, 0.2) is 0 Å². The minimum Gasteiger partial charge on any atom is -0.508 e. The number of hydrogen-bond donors (Lipinski definition) is 7. The summed E-state index contributed by atoms with van der Waals surface area (Å²) < 4.78 is 0. The van der Waals surface area contributed by atoms with Crippen LogP contribution in [0.3, 0.4) is 0 Å². The number of phenolic OH excluding ortho intramolecular Hbond substituents is 1. The van der Waals surface area contributed by atoms with E-state index in [2.05, 4.69) is 16.0 Å². The summed E-state index contributed by atoms with van der Waals surface area (Å²) in [5.41, 5.74) is 7.49. The lowest BCUT2D eigenvalue weighted by molar-refractivity contribution is -0.143. The minimum absolute atomic E-state index is 0.00327. The normalized spacial score (nSPS) is 13.7. The van der Waals surface area contributed by atoms with Crippen LogP contribution in [0.2, 0.25) is 0 Å². The molecule has 3 amide bonds. The van der Waals surface area contributed by atoms with Crippen LogP contribution in [-0.2, 0) is 36.8 Å². The van der Waals surface area contributed by atoms with E-state index in [9.17, 15) is 34.2 Å². The average molecular weight is 589 g/mol. The molecule has 0 heterocycles. The van der Waals surface area contributed by atoms with E-state index >= 15 is 0 Å². The Hall–Kier alpha value is -4.10. The highest BCUT2D eigenvalue weighted by molar-refractivity contribution is 7.98. The van der Waals surface area contributed by atoms with Gasteiger partial charge in [-0.1, -0.05) is 42.5 Å². The molecule has 0 bridgehead atoms. The SMILES string of the molecule is CSCCC(NC(=O)C(CCC(=O)O)NC(=O)C(Cc1ccc(O)cc1)NC(=O)C(N)Cc1ccccc1)C(=O)O. The predicted octanol–water partition coefficient (Wildman–Crippen LogP) is 0.662. The molecule has 0 aromatic heterocycles. The molecule has 4 atom stereocenters. The highest BCUT2D eigenvalue weighted by Crippen LogP contribution is 2.13. The molecule has 0 saturated heterocycles. The summed E-state index contributed by atoms with van der Waals surface area (Å²) in [5.74, 6) is -4.29. The first kappa shape index (κ1) is 33.1. The van der Waals surface area contributed by atoms with Crippen molar-refractivity contribution in [2.75, 3.05) is 12.0 Å². The molecule has 0 saturated carbocycles. The number of carbonyl (C=O) groups is 5. The maximum absolute atomic E-state index is 13.4. The minimum atomic E-state index is -1.38. The first-order valence-electron chi connectivity index (χ1n) is 12.9. The van der Waals surface area contributed by atoms with Crippen LogP contribution >= 0.6 is 11.8 Å². The number of carboxylic acid groups (broad SMARTS) is 2. The van der Waals surface area contributed by atoms with Gasteiger partial charge in [0, 0.05) is 12.8 Å². The zero-order chi connectivity index (χ0) is 30.4. The van der Waals surface area contributed by atoms with E-state index in [0.29, 0.717) is 11.3 Å². The highest BCUT2D eigenvalue weighted by Gasteiger charge is 2.31. The number of hydrogen-bond acceptors (Lipinski definition) is 8. The maximum atomic E-state index is 13.4. The van der Waals surface area contributed by atoms with Crippen LogP contribution in [0.4, 0.5) is 0 Å². The van der Waals surface area contributed by atoms with E-state index in [-0.39, 0.29) is 31.4 Å². The molecule has 2 rings (SSSR count). The largest absolute Gasteiger partial charge is 0.508 e. The van der Waals surface area contributed by atoms with Crippen molar-refractivity contribution in [3.8, 4) is 5.75 Å². The molecule has 222 valence electrons. The van der Waals surface area contributed by atoms with Gasteiger partial charge in [-0.15, -0.1) is 0 Å². The molecule has 41 heavy (non-hydrogen) atoms. The van der Waals surface area contributed by atoms with Gasteiger partial charge in [0.05, 0.1) is 6.04 Å². The Morgan fingerprint density at radius 1 is 0.756 bits per heavy atom. The molecule has 13 heteroatoms. The number of nitrogens with two attached hydrogens (primary N) is 1. The Kier molecular flexibility index (Phi) is 13.6. The summed E-state index contributed by atoms with van der Waals surface area (Å²) in [4.78, 5) is 62.2. The van der Waals surface area contributed by atoms with Crippen LogP contribution in [0.15, 0.2) is 54.6 Å². The Bertz CT molecular complexity index is 1180. The summed E-state index contributed by atoms with van der Waals surface area (Å²) in [5, 5.41) is 35.7. The number of aromatic hydroxyl groups is 1. The molecule has 0 spiro atoms. The molecular formula is C28H36N4O8S. The third kappa shape index (κ3) is 11.9. The summed E-state index contributed by atoms with van der Waals surface area (Å²) in [7, 11) is 0. The maximum Gasteiger partial charge on any atom is 0.326 e. The fraction of sp³-hybridized carbons (Fsp3) is 0.393. The smallest absolute Gasteiger partial charge is 0.326 e. The second-order valence-electron chi connectivity index (χ2n) is 9.40. The van der Waals surface area contributed by atoms with Crippen LogP contribution in [0.5, 0.6) is 5.75 Å². The highest BCUT2D eigenvalue weighted by atomic mass is 32.2. The molecule has 0 aliphatic carbocycles. The van der Waals surface area contributed by atoms with Crippen LogP contribution in [0.1, 0.15) is 30.4 Å². The number of carbonyl (C=O) groups excluding carboxylic acids is 3. The number of nitrogens with one attached hydrogen (secondary N) is 3. The van der Waals surface area contributed by atoms with E-state index in [0.717, 1.165) is 5.56 Å². The molecule has 0 aliphatic heterocycles. The first-order chi connectivity index (χ1) is 19.5. The van der Waals surface area contributed by atoms with Crippen LogP contribution in [0, 0.1) is 0 Å². The third-order valence-corrected chi connectivity index (χ3v) is 6.79. The Labute approximate surface area is 242 Å². The summed E-state index contributed by atoms with van der Waals surface area (Å²) in [6.07, 6.45) is 1.30. The summed E-state index contributed by atoms with van der Waals surface area (Å²) in [6, 6.07) is 10.2. The van der Waals surface area contributed by atoms with Gasteiger partial charge in [-0.2, -0.15) is 11.8 Å². The van der Waals surface area contributed by atoms with Crippen LogP contribution in [-0.4, -0.2) is 81.2 Å². The summed E-state index contributed by atoms with van der Waals surface area (Å²) in [6.45, 7) is 0. The molecule has 2 aromatic carbocycles. The monoisotopic (exact) mass is 588 g/mol. The first-order valence-corrected chi connectivity index (χ1v) is 14.3. The van der Waals surface area contributed by atoms with Gasteiger partial charge in [0.25, 0.3) is 0 Å². The number of amides is 3. The van der Waals surface area contributed by atoms with Crippen molar-refractivity contribution in [3.63, 3.8) is 0 Å². The number of benzene rings is 2. The standard InChI is InChI=1S/C28H36N4O8S/c1-41-14-13-22(28(39)40)31-26(37)21(11-12-24(34)35)30-27(38)23(16-18-7-9-19(33)10-8-18)32-25(36)20(29)15-17-5-3-2-4-6-17/h2-10,20-23,33H,11-16,29H2,1H3,(H,30,38)(H,31,37)(H,32,36)(H,34,35)(H,39,40). The lowest BCUT2D eigenvalue weighted by Crippen LogP contribution is -2.57. The fourth-order valence-corrected chi connectivity index (χ4v) is 4.36. The van der Waals surface area contributed by atoms with Gasteiger partial charge in [-0.05, 0) is 54.5 Å². The molecule has 12 nitrogen and oxygen atoms in total. The van der Waals surface area contributed by atoms with Crippen LogP contribution in [0.25, 0.3) is 0 Å². The zero-order valence-electron chi connectivity index (χ0n) is 22.6. The van der Waals surface area contributed by atoms with Gasteiger partial charge in [-0.3, -0.25) is 19.2 Å². The van der Waals surface area contributed by atoms with Crippen molar-refractivity contribution in [3.05, 3.63) is 65.7 Å². The van der Waals surface area contributed by atoms with Crippen molar-refractivity contribution in [1.29, 1.82) is 0 Å². The van der Waals surface area contributed by atoms with E-state index in [4.69, 9.17) is 10.8 Å². The molecule has 0 radical (unpaired) electrons. The van der Waals surface area contributed by atoms with Crippen molar-refractivity contribution in [2.24, 2.45) is 5.73 Å². The number of phenols is 1. The average Bonchev–Trinajstić information content (AvgIpc) is 2.93. The second-order valence-corrected chi connectivity index (χ2v) is 10.4. The number of thioether (sulfide) groups is 1. The topological polar surface area (TPSA) is 208 Å². The fourth-order valence-electron chi connectivity index (χ4n) is 3.89. The third-order valence-electron chi connectivity index (χ3n) is 6.15. The quantitative estimate of drug-likeness (QED) is 0.137. The van der Waals surface area contributed by atoms with Gasteiger partial charge >= 0.3 is 11.9 Å². The van der Waals surface area contributed by atoms with Gasteiger partial charge < -0.3 is 37.0 Å². The second kappa shape index (κ2) is 16.9. The van der Waals surface area contributed by atoms with Gasteiger partial charge in [0.1, 0.15) is 23.9 Å². The number of rotatable bonds is 17. The van der Waals surface area contributed by atoms with Crippen molar-refractivity contribution >= 4 is 41.4 Å². The molecule has 0 aliphatic rings. The Balaban J connectivity index is 2.24. The lowest BCUT2D eigenvalue weighted by atomic mass is 10.0. The predicted molar refractivity (Wildman–Crippen MR) is 153 cm³/mol. The Morgan fingerprint density at radius 2 is 1.32 bits per heavy atom. The molecule has 4 unspecified atom stereocenters. The zero-order valence-corrected chi connectivity index (χ0v) is 23.4.